The van der Waals surface area contributed by atoms with E-state index in [9.17, 15) is 9.90 Å². The van der Waals surface area contributed by atoms with Gasteiger partial charge in [-0.1, -0.05) is 30.3 Å². The number of fused-ring (bicyclic) bond motifs is 1. The number of esters is 1. The number of carbonyl (C=O) groups is 1. The zero-order valence-corrected chi connectivity index (χ0v) is 20.1. The zero-order chi connectivity index (χ0) is 24.8. The van der Waals surface area contributed by atoms with E-state index >= 15 is 0 Å². The molecular formula is C28H29NO6. The third-order valence-corrected chi connectivity index (χ3v) is 5.81. The Morgan fingerprint density at radius 2 is 1.74 bits per heavy atom. The summed E-state index contributed by atoms with van der Waals surface area (Å²) < 4.78 is 22.1. The number of hydrogen-bond acceptors (Lipinski definition) is 7. The summed E-state index contributed by atoms with van der Waals surface area (Å²) in [5.74, 6) is 1.28. The molecule has 7 nitrogen and oxygen atoms in total. The fourth-order valence-corrected chi connectivity index (χ4v) is 4.07. The van der Waals surface area contributed by atoms with E-state index < -0.39 is 5.97 Å². The highest BCUT2D eigenvalue weighted by Crippen LogP contribution is 2.36. The van der Waals surface area contributed by atoms with Crippen LogP contribution in [0.1, 0.15) is 29.2 Å². The Morgan fingerprint density at radius 1 is 0.971 bits per heavy atom. The highest BCUT2D eigenvalue weighted by molar-refractivity contribution is 5.96. The van der Waals surface area contributed by atoms with Gasteiger partial charge in [-0.25, -0.2) is 4.79 Å². The van der Waals surface area contributed by atoms with Gasteiger partial charge in [0.1, 0.15) is 23.9 Å². The summed E-state index contributed by atoms with van der Waals surface area (Å²) in [7, 11) is 3.17. The van der Waals surface area contributed by atoms with Gasteiger partial charge < -0.3 is 29.0 Å². The van der Waals surface area contributed by atoms with Crippen molar-refractivity contribution >= 4 is 11.7 Å². The highest BCUT2D eigenvalue weighted by Gasteiger charge is 2.31. The van der Waals surface area contributed by atoms with Gasteiger partial charge >= 0.3 is 5.97 Å². The minimum Gasteiger partial charge on any atom is -0.505 e. The van der Waals surface area contributed by atoms with Crippen molar-refractivity contribution in [3.8, 4) is 17.2 Å². The van der Waals surface area contributed by atoms with Crippen LogP contribution in [0.3, 0.4) is 0 Å². The Balaban J connectivity index is 1.65. The Bertz CT molecular complexity index is 1220. The maximum Gasteiger partial charge on any atom is 0.358 e. The van der Waals surface area contributed by atoms with Gasteiger partial charge in [0.2, 0.25) is 0 Å². The first-order chi connectivity index (χ1) is 17.0. The quantitative estimate of drug-likeness (QED) is 0.432. The molecule has 1 aliphatic rings. The number of aliphatic hydroxyl groups excluding tert-OH is 1. The predicted molar refractivity (Wildman–Crippen MR) is 132 cm³/mol. The number of carbonyl (C=O) groups excluding carboxylic acids is 1. The van der Waals surface area contributed by atoms with Crippen LogP contribution in [-0.2, 0) is 29.2 Å². The van der Waals surface area contributed by atoms with Crippen LogP contribution in [0, 0.1) is 0 Å². The minimum atomic E-state index is -0.576. The van der Waals surface area contributed by atoms with E-state index in [0.29, 0.717) is 42.5 Å². The molecular weight excluding hydrogens is 446 g/mol. The number of nitrogens with zero attached hydrogens (tertiary/aromatic N) is 1. The summed E-state index contributed by atoms with van der Waals surface area (Å²) in [6.07, 6.45) is 0. The van der Waals surface area contributed by atoms with E-state index in [0.717, 1.165) is 16.7 Å². The molecule has 0 fully saturated rings. The van der Waals surface area contributed by atoms with Crippen LogP contribution in [0.2, 0.25) is 0 Å². The lowest BCUT2D eigenvalue weighted by molar-refractivity contribution is -0.140. The molecule has 0 radical (unpaired) electrons. The van der Waals surface area contributed by atoms with Crippen LogP contribution >= 0.6 is 0 Å². The van der Waals surface area contributed by atoms with Gasteiger partial charge in [-0.05, 0) is 48.4 Å². The van der Waals surface area contributed by atoms with Crippen molar-refractivity contribution in [1.29, 1.82) is 0 Å². The van der Waals surface area contributed by atoms with Gasteiger partial charge in [0.25, 0.3) is 0 Å². The lowest BCUT2D eigenvalue weighted by atomic mass is 9.98. The molecule has 0 spiro atoms. The smallest absolute Gasteiger partial charge is 0.358 e. The van der Waals surface area contributed by atoms with Crippen molar-refractivity contribution in [2.24, 2.45) is 0 Å². The SMILES string of the molecule is CCOC(=O)C1=C(O)c2ccc(OCc3ccccc3)cc2CN1Cc1ccc(OC)cc1OC. The molecule has 0 atom stereocenters. The molecule has 1 aliphatic heterocycles. The molecule has 0 saturated heterocycles. The average Bonchev–Trinajstić information content (AvgIpc) is 2.88. The molecule has 0 aromatic heterocycles. The van der Waals surface area contributed by atoms with Gasteiger partial charge in [0.05, 0.1) is 20.8 Å². The Labute approximate surface area is 205 Å². The molecule has 7 heteroatoms. The monoisotopic (exact) mass is 475 g/mol. The molecule has 0 amide bonds. The molecule has 1 heterocycles. The van der Waals surface area contributed by atoms with Gasteiger partial charge in [-0.15, -0.1) is 0 Å². The summed E-state index contributed by atoms with van der Waals surface area (Å²) in [6, 6.07) is 20.9. The Hall–Kier alpha value is -4.13. The van der Waals surface area contributed by atoms with Crippen molar-refractivity contribution in [3.05, 3.63) is 94.7 Å². The average molecular weight is 476 g/mol. The third kappa shape index (κ3) is 5.35. The zero-order valence-electron chi connectivity index (χ0n) is 20.1. The fourth-order valence-electron chi connectivity index (χ4n) is 4.07. The maximum absolute atomic E-state index is 12.8. The van der Waals surface area contributed by atoms with Crippen molar-refractivity contribution in [1.82, 2.24) is 4.90 Å². The second-order valence-corrected chi connectivity index (χ2v) is 8.04. The second kappa shape index (κ2) is 10.9. The van der Waals surface area contributed by atoms with E-state index in [4.69, 9.17) is 18.9 Å². The standard InChI is InChI=1S/C28H29NO6/c1-4-34-28(31)26-27(30)24-13-12-23(35-18-19-8-6-5-7-9-19)14-21(24)17-29(26)16-20-10-11-22(32-2)15-25(20)33-3/h5-15,30H,4,16-18H2,1-3H3. The molecule has 4 rings (SSSR count). The summed E-state index contributed by atoms with van der Waals surface area (Å²) in [6.45, 7) is 3.07. The Morgan fingerprint density at radius 3 is 2.46 bits per heavy atom. The number of ether oxygens (including phenoxy) is 4. The van der Waals surface area contributed by atoms with Gasteiger partial charge in [-0.3, -0.25) is 0 Å². The molecule has 182 valence electrons. The number of hydrogen-bond donors (Lipinski definition) is 1. The normalized spacial score (nSPS) is 12.7. The summed E-state index contributed by atoms with van der Waals surface area (Å²) in [5.41, 5.74) is 3.44. The highest BCUT2D eigenvalue weighted by atomic mass is 16.5. The predicted octanol–water partition coefficient (Wildman–Crippen LogP) is 5.09. The molecule has 0 unspecified atom stereocenters. The van der Waals surface area contributed by atoms with Crippen molar-refractivity contribution < 1.29 is 28.8 Å². The van der Waals surface area contributed by atoms with E-state index in [1.807, 2.05) is 48.5 Å². The largest absolute Gasteiger partial charge is 0.505 e. The molecule has 35 heavy (non-hydrogen) atoms. The van der Waals surface area contributed by atoms with E-state index in [2.05, 4.69) is 0 Å². The minimum absolute atomic E-state index is 0.119. The molecule has 0 bridgehead atoms. The van der Waals surface area contributed by atoms with Crippen LogP contribution in [0.15, 0.2) is 72.4 Å². The topological polar surface area (TPSA) is 77.5 Å². The molecule has 3 aromatic rings. The number of rotatable bonds is 9. The third-order valence-electron chi connectivity index (χ3n) is 5.81. The van der Waals surface area contributed by atoms with Gasteiger partial charge in [0.15, 0.2) is 11.5 Å². The molecule has 0 aliphatic carbocycles. The van der Waals surface area contributed by atoms with Crippen LogP contribution < -0.4 is 14.2 Å². The van der Waals surface area contributed by atoms with Crippen LogP contribution in [0.5, 0.6) is 17.2 Å². The Kier molecular flexibility index (Phi) is 7.45. The van der Waals surface area contributed by atoms with Gasteiger partial charge in [0, 0.05) is 30.3 Å². The lowest BCUT2D eigenvalue weighted by Crippen LogP contribution is -2.33. The fraction of sp³-hybridized carbons (Fsp3) is 0.250. The molecule has 1 N–H and O–H groups in total. The summed E-state index contributed by atoms with van der Waals surface area (Å²) in [5, 5.41) is 11.1. The number of aliphatic hydroxyl groups is 1. The van der Waals surface area contributed by atoms with Crippen LogP contribution in [-0.4, -0.2) is 36.8 Å². The van der Waals surface area contributed by atoms with Crippen molar-refractivity contribution in [3.63, 3.8) is 0 Å². The van der Waals surface area contributed by atoms with E-state index in [1.165, 1.54) is 0 Å². The van der Waals surface area contributed by atoms with Crippen LogP contribution in [0.25, 0.3) is 5.76 Å². The van der Waals surface area contributed by atoms with Crippen molar-refractivity contribution in [2.75, 3.05) is 20.8 Å². The lowest BCUT2D eigenvalue weighted by Gasteiger charge is -2.32. The van der Waals surface area contributed by atoms with Gasteiger partial charge in [-0.2, -0.15) is 0 Å². The number of benzene rings is 3. The first kappa shape index (κ1) is 24.0. The number of methoxy groups -OCH3 is 2. The summed E-state index contributed by atoms with van der Waals surface area (Å²) >= 11 is 0. The first-order valence-electron chi connectivity index (χ1n) is 11.4. The first-order valence-corrected chi connectivity index (χ1v) is 11.4. The van der Waals surface area contributed by atoms with E-state index in [1.54, 1.807) is 44.2 Å². The van der Waals surface area contributed by atoms with Crippen LogP contribution in [0.4, 0.5) is 0 Å². The summed E-state index contributed by atoms with van der Waals surface area (Å²) in [4.78, 5) is 14.6. The van der Waals surface area contributed by atoms with Crippen molar-refractivity contribution in [2.45, 2.75) is 26.6 Å². The van der Waals surface area contributed by atoms with E-state index in [-0.39, 0.29) is 18.1 Å². The second-order valence-electron chi connectivity index (χ2n) is 8.04. The molecule has 3 aromatic carbocycles. The molecule has 0 saturated carbocycles. The maximum atomic E-state index is 12.8.